The number of anilines is 1. The van der Waals surface area contributed by atoms with Gasteiger partial charge >= 0.3 is 0 Å². The van der Waals surface area contributed by atoms with Crippen molar-refractivity contribution in [2.24, 2.45) is 0 Å². The molecule has 2 aromatic heterocycles. The minimum atomic E-state index is 0.423. The molecule has 17 heavy (non-hydrogen) atoms. The molecule has 92 valence electrons. The maximum atomic E-state index is 4.40. The molecule has 0 saturated carbocycles. The first-order valence-electron chi connectivity index (χ1n) is 5.73. The van der Waals surface area contributed by atoms with Crippen LogP contribution in [0.2, 0.25) is 0 Å². The summed E-state index contributed by atoms with van der Waals surface area (Å²) in [7, 11) is 0. The first-order chi connectivity index (χ1) is 8.22. The summed E-state index contributed by atoms with van der Waals surface area (Å²) in [4.78, 5) is 5.56. The highest BCUT2D eigenvalue weighted by atomic mass is 32.1. The van der Waals surface area contributed by atoms with E-state index in [2.05, 4.69) is 41.3 Å². The van der Waals surface area contributed by atoms with Gasteiger partial charge in [-0.2, -0.15) is 0 Å². The first kappa shape index (κ1) is 12.4. The molecule has 1 N–H and O–H groups in total. The number of hydrogen-bond donors (Lipinski definition) is 1. The van der Waals surface area contributed by atoms with Crippen molar-refractivity contribution < 1.29 is 0 Å². The Kier molecular flexibility index (Phi) is 4.06. The minimum Gasteiger partial charge on any atom is -0.360 e. The average molecular weight is 268 g/mol. The zero-order valence-electron chi connectivity index (χ0n) is 10.2. The fourth-order valence-electron chi connectivity index (χ4n) is 1.44. The summed E-state index contributed by atoms with van der Waals surface area (Å²) < 4.78 is 0. The molecule has 0 aliphatic rings. The number of hydrogen-bond acceptors (Lipinski definition) is 6. The van der Waals surface area contributed by atoms with E-state index >= 15 is 0 Å². The molecule has 0 spiro atoms. The molecule has 0 aliphatic heterocycles. The quantitative estimate of drug-likeness (QED) is 0.900. The van der Waals surface area contributed by atoms with Gasteiger partial charge in [-0.3, -0.25) is 0 Å². The van der Waals surface area contributed by atoms with Crippen LogP contribution in [-0.4, -0.2) is 21.7 Å². The normalized spacial score (nSPS) is 11.1. The Labute approximate surface area is 109 Å². The summed E-state index contributed by atoms with van der Waals surface area (Å²) in [6.07, 6.45) is 1.09. The fraction of sp³-hybridized carbons (Fsp3) is 0.545. The van der Waals surface area contributed by atoms with E-state index in [0.717, 1.165) is 33.7 Å². The Morgan fingerprint density at radius 2 is 2.18 bits per heavy atom. The van der Waals surface area contributed by atoms with Gasteiger partial charge in [-0.1, -0.05) is 32.1 Å². The maximum absolute atomic E-state index is 4.40. The van der Waals surface area contributed by atoms with Crippen LogP contribution in [0, 0.1) is 0 Å². The van der Waals surface area contributed by atoms with E-state index in [1.165, 1.54) is 0 Å². The van der Waals surface area contributed by atoms with Crippen molar-refractivity contribution in [2.75, 3.05) is 11.9 Å². The van der Waals surface area contributed by atoms with Gasteiger partial charge in [0, 0.05) is 6.54 Å². The van der Waals surface area contributed by atoms with Gasteiger partial charge in [0.15, 0.2) is 5.01 Å². The number of thiazole rings is 1. The summed E-state index contributed by atoms with van der Waals surface area (Å²) >= 11 is 3.24. The highest BCUT2D eigenvalue weighted by molar-refractivity contribution is 7.22. The topological polar surface area (TPSA) is 50.7 Å². The zero-order valence-corrected chi connectivity index (χ0v) is 11.9. The molecule has 0 aromatic carbocycles. The van der Waals surface area contributed by atoms with Crippen LogP contribution in [0.1, 0.15) is 38.8 Å². The molecule has 2 heterocycles. The Morgan fingerprint density at radius 3 is 2.88 bits per heavy atom. The highest BCUT2D eigenvalue weighted by Crippen LogP contribution is 2.35. The maximum Gasteiger partial charge on any atom is 0.206 e. The molecule has 0 aliphatic carbocycles. The van der Waals surface area contributed by atoms with Crippen LogP contribution in [-0.2, 0) is 0 Å². The Bertz CT molecular complexity index is 475. The molecule has 0 amide bonds. The minimum absolute atomic E-state index is 0.423. The SMILES string of the molecule is CCCNc1nnc(-c2scnc2C(C)C)s1. The van der Waals surface area contributed by atoms with Gasteiger partial charge in [0.1, 0.15) is 0 Å². The van der Waals surface area contributed by atoms with Crippen LogP contribution in [0.3, 0.4) is 0 Å². The third-order valence-electron chi connectivity index (χ3n) is 2.29. The van der Waals surface area contributed by atoms with Crippen LogP contribution >= 0.6 is 22.7 Å². The summed E-state index contributed by atoms with van der Waals surface area (Å²) in [5.74, 6) is 0.423. The van der Waals surface area contributed by atoms with E-state index in [4.69, 9.17) is 0 Å². The lowest BCUT2D eigenvalue weighted by Crippen LogP contribution is -1.98. The third-order valence-corrected chi connectivity index (χ3v) is 4.16. The molecule has 2 aromatic rings. The van der Waals surface area contributed by atoms with E-state index in [9.17, 15) is 0 Å². The van der Waals surface area contributed by atoms with Crippen molar-refractivity contribution in [3.8, 4) is 9.88 Å². The molecular weight excluding hydrogens is 252 g/mol. The second-order valence-corrected chi connectivity index (χ2v) is 5.89. The van der Waals surface area contributed by atoms with E-state index < -0.39 is 0 Å². The molecule has 4 nitrogen and oxygen atoms in total. The van der Waals surface area contributed by atoms with Crippen molar-refractivity contribution in [2.45, 2.75) is 33.1 Å². The lowest BCUT2D eigenvalue weighted by molar-refractivity contribution is 0.834. The van der Waals surface area contributed by atoms with E-state index in [1.54, 1.807) is 22.7 Å². The van der Waals surface area contributed by atoms with Crippen LogP contribution in [0.5, 0.6) is 0 Å². The van der Waals surface area contributed by atoms with Crippen LogP contribution in [0.25, 0.3) is 9.88 Å². The molecule has 0 bridgehead atoms. The van der Waals surface area contributed by atoms with Crippen LogP contribution < -0.4 is 5.32 Å². The van der Waals surface area contributed by atoms with Crippen LogP contribution in [0.4, 0.5) is 5.13 Å². The lowest BCUT2D eigenvalue weighted by Gasteiger charge is -2.01. The van der Waals surface area contributed by atoms with Crippen molar-refractivity contribution >= 4 is 27.8 Å². The number of nitrogens with one attached hydrogen (secondary N) is 1. The highest BCUT2D eigenvalue weighted by Gasteiger charge is 2.15. The largest absolute Gasteiger partial charge is 0.360 e. The van der Waals surface area contributed by atoms with Crippen molar-refractivity contribution in [1.29, 1.82) is 0 Å². The molecule has 0 radical (unpaired) electrons. The molecule has 0 atom stereocenters. The molecule has 0 saturated heterocycles. The molecule has 6 heteroatoms. The zero-order chi connectivity index (χ0) is 12.3. The number of rotatable bonds is 5. The second-order valence-electron chi connectivity index (χ2n) is 4.06. The summed E-state index contributed by atoms with van der Waals surface area (Å²) in [6.45, 7) is 7.37. The number of aromatic nitrogens is 3. The summed E-state index contributed by atoms with van der Waals surface area (Å²) in [5, 5.41) is 13.5. The van der Waals surface area contributed by atoms with E-state index in [0.29, 0.717) is 5.92 Å². The molecule has 2 rings (SSSR count). The summed E-state index contributed by atoms with van der Waals surface area (Å²) in [6, 6.07) is 0. The number of nitrogens with zero attached hydrogens (tertiary/aromatic N) is 3. The second kappa shape index (κ2) is 5.55. The van der Waals surface area contributed by atoms with E-state index in [-0.39, 0.29) is 0 Å². The monoisotopic (exact) mass is 268 g/mol. The van der Waals surface area contributed by atoms with Gasteiger partial charge < -0.3 is 5.32 Å². The standard InChI is InChI=1S/C11H16N4S2/c1-4-5-12-11-15-14-10(17-11)9-8(7(2)3)13-6-16-9/h6-7H,4-5H2,1-3H3,(H,12,15). The predicted octanol–water partition coefficient (Wildman–Crippen LogP) is 3.61. The Balaban J connectivity index is 2.21. The first-order valence-corrected chi connectivity index (χ1v) is 7.43. The predicted molar refractivity (Wildman–Crippen MR) is 73.9 cm³/mol. The van der Waals surface area contributed by atoms with E-state index in [1.807, 2.05) is 5.51 Å². The van der Waals surface area contributed by atoms with Crippen LogP contribution in [0.15, 0.2) is 5.51 Å². The van der Waals surface area contributed by atoms with Crippen molar-refractivity contribution in [3.63, 3.8) is 0 Å². The smallest absolute Gasteiger partial charge is 0.206 e. The van der Waals surface area contributed by atoms with Crippen molar-refractivity contribution in [3.05, 3.63) is 11.2 Å². The van der Waals surface area contributed by atoms with Gasteiger partial charge in [0.25, 0.3) is 0 Å². The van der Waals surface area contributed by atoms with Gasteiger partial charge in [-0.25, -0.2) is 4.98 Å². The van der Waals surface area contributed by atoms with Gasteiger partial charge in [-0.15, -0.1) is 21.5 Å². The fourth-order valence-corrected chi connectivity index (χ4v) is 3.25. The Hall–Kier alpha value is -1.01. The van der Waals surface area contributed by atoms with Gasteiger partial charge in [-0.05, 0) is 12.3 Å². The lowest BCUT2D eigenvalue weighted by atomic mass is 10.1. The molecule has 0 unspecified atom stereocenters. The average Bonchev–Trinajstić information content (AvgIpc) is 2.94. The van der Waals surface area contributed by atoms with Gasteiger partial charge in [0.2, 0.25) is 5.13 Å². The van der Waals surface area contributed by atoms with Crippen molar-refractivity contribution in [1.82, 2.24) is 15.2 Å². The van der Waals surface area contributed by atoms with Gasteiger partial charge in [0.05, 0.1) is 16.1 Å². The molecular formula is C11H16N4S2. The third kappa shape index (κ3) is 2.81. The summed E-state index contributed by atoms with van der Waals surface area (Å²) in [5.41, 5.74) is 3.00. The Morgan fingerprint density at radius 1 is 1.35 bits per heavy atom. The molecule has 0 fully saturated rings.